The van der Waals surface area contributed by atoms with E-state index in [9.17, 15) is 4.79 Å². The van der Waals surface area contributed by atoms with Gasteiger partial charge in [-0.3, -0.25) is 9.48 Å². The topological polar surface area (TPSA) is 59.0 Å². The van der Waals surface area contributed by atoms with Crippen molar-refractivity contribution in [1.29, 1.82) is 0 Å². The molecular weight excluding hydrogens is 264 g/mol. The van der Waals surface area contributed by atoms with Crippen LogP contribution < -0.4 is 10.6 Å². The van der Waals surface area contributed by atoms with Crippen LogP contribution in [0.1, 0.15) is 51.9 Å². The number of carbonyl (C=O) groups is 1. The van der Waals surface area contributed by atoms with Crippen molar-refractivity contribution in [2.24, 2.45) is 5.92 Å². The Bertz CT molecular complexity index is 480. The van der Waals surface area contributed by atoms with E-state index in [0.29, 0.717) is 18.6 Å². The molecule has 0 aromatic carbocycles. The largest absolute Gasteiger partial charge is 0.379 e. The zero-order valence-electron chi connectivity index (χ0n) is 12.8. The number of nitrogens with one attached hydrogen (secondary N) is 2. The van der Waals surface area contributed by atoms with E-state index < -0.39 is 0 Å². The van der Waals surface area contributed by atoms with Gasteiger partial charge in [0.15, 0.2) is 0 Å². The van der Waals surface area contributed by atoms with Gasteiger partial charge in [-0.1, -0.05) is 26.2 Å². The van der Waals surface area contributed by atoms with Gasteiger partial charge in [0.2, 0.25) is 5.91 Å². The third kappa shape index (κ3) is 3.99. The first-order valence-corrected chi connectivity index (χ1v) is 8.33. The normalized spacial score (nSPS) is 25.6. The zero-order valence-corrected chi connectivity index (χ0v) is 12.8. The van der Waals surface area contributed by atoms with Crippen molar-refractivity contribution >= 4 is 11.6 Å². The van der Waals surface area contributed by atoms with Gasteiger partial charge in [0.05, 0.1) is 11.9 Å². The van der Waals surface area contributed by atoms with Crippen molar-refractivity contribution in [3.05, 3.63) is 12.4 Å². The molecule has 5 nitrogen and oxygen atoms in total. The van der Waals surface area contributed by atoms with Crippen LogP contribution in [0.3, 0.4) is 0 Å². The second kappa shape index (κ2) is 6.50. The van der Waals surface area contributed by atoms with Crippen molar-refractivity contribution in [1.82, 2.24) is 15.1 Å². The van der Waals surface area contributed by atoms with Gasteiger partial charge >= 0.3 is 0 Å². The molecule has 0 bridgehead atoms. The van der Waals surface area contributed by atoms with Crippen LogP contribution in [0.4, 0.5) is 5.69 Å². The Morgan fingerprint density at radius 3 is 2.90 bits per heavy atom. The van der Waals surface area contributed by atoms with E-state index in [2.05, 4.69) is 22.7 Å². The summed E-state index contributed by atoms with van der Waals surface area (Å²) in [6, 6.07) is 0.972. The predicted molar refractivity (Wildman–Crippen MR) is 83.1 cm³/mol. The first-order valence-electron chi connectivity index (χ1n) is 8.33. The molecule has 1 amide bonds. The molecule has 1 aromatic heterocycles. The number of aromatic nitrogens is 2. The fraction of sp³-hybridized carbons (Fsp3) is 0.750. The maximum atomic E-state index is 11.8. The molecule has 0 aliphatic heterocycles. The Hall–Kier alpha value is -1.52. The maximum absolute atomic E-state index is 11.8. The first-order chi connectivity index (χ1) is 10.2. The van der Waals surface area contributed by atoms with Crippen LogP contribution in [0.15, 0.2) is 12.4 Å². The van der Waals surface area contributed by atoms with E-state index in [4.69, 9.17) is 0 Å². The number of hydrogen-bond acceptors (Lipinski definition) is 3. The molecule has 3 rings (SSSR count). The number of nitrogens with zero attached hydrogens (tertiary/aromatic N) is 2. The Morgan fingerprint density at radius 2 is 2.14 bits per heavy atom. The Morgan fingerprint density at radius 1 is 1.33 bits per heavy atom. The molecule has 0 radical (unpaired) electrons. The monoisotopic (exact) mass is 290 g/mol. The average molecular weight is 290 g/mol. The number of anilines is 1. The quantitative estimate of drug-likeness (QED) is 0.846. The summed E-state index contributed by atoms with van der Waals surface area (Å²) in [6.07, 6.45) is 12.5. The molecule has 5 heteroatoms. The fourth-order valence-corrected chi connectivity index (χ4v) is 3.27. The van der Waals surface area contributed by atoms with Crippen molar-refractivity contribution < 1.29 is 4.79 Å². The molecule has 2 unspecified atom stereocenters. The van der Waals surface area contributed by atoms with E-state index >= 15 is 0 Å². The summed E-state index contributed by atoms with van der Waals surface area (Å²) in [5.74, 6) is 0.830. The van der Waals surface area contributed by atoms with Crippen molar-refractivity contribution in [2.75, 3.05) is 5.32 Å². The molecule has 2 saturated carbocycles. The van der Waals surface area contributed by atoms with Crippen LogP contribution in [0.5, 0.6) is 0 Å². The third-order valence-electron chi connectivity index (χ3n) is 4.67. The molecule has 1 heterocycles. The van der Waals surface area contributed by atoms with Gasteiger partial charge in [-0.15, -0.1) is 0 Å². The van der Waals surface area contributed by atoms with Crippen molar-refractivity contribution in [3.8, 4) is 0 Å². The lowest BCUT2D eigenvalue weighted by Crippen LogP contribution is -2.31. The minimum atomic E-state index is 0.0660. The molecule has 0 saturated heterocycles. The summed E-state index contributed by atoms with van der Waals surface area (Å²) >= 11 is 0. The molecule has 2 aliphatic rings. The van der Waals surface area contributed by atoms with E-state index in [-0.39, 0.29) is 5.91 Å². The molecule has 116 valence electrons. The molecule has 2 N–H and O–H groups in total. The van der Waals surface area contributed by atoms with Gasteiger partial charge in [-0.05, 0) is 31.6 Å². The molecule has 1 aromatic rings. The second-order valence-electron chi connectivity index (χ2n) is 6.47. The third-order valence-corrected chi connectivity index (χ3v) is 4.67. The van der Waals surface area contributed by atoms with E-state index in [1.165, 1.54) is 32.1 Å². The molecular formula is C16H26N4O. The standard InChI is InChI=1S/C16H26N4O/c1-2-12-5-3-4-6-15(12)18-14-9-17-20(10-14)11-16(21)19-13-7-8-13/h9-10,12-13,15,18H,2-8,11H2,1H3,(H,19,21). The average Bonchev–Trinajstić information content (AvgIpc) is 3.18. The lowest BCUT2D eigenvalue weighted by Gasteiger charge is -2.31. The van der Waals surface area contributed by atoms with Crippen molar-refractivity contribution in [2.45, 2.75) is 70.5 Å². The van der Waals surface area contributed by atoms with E-state index in [0.717, 1.165) is 24.4 Å². The summed E-state index contributed by atoms with van der Waals surface area (Å²) in [4.78, 5) is 11.8. The highest BCUT2D eigenvalue weighted by Crippen LogP contribution is 2.29. The highest BCUT2D eigenvalue weighted by molar-refractivity contribution is 5.76. The summed E-state index contributed by atoms with van der Waals surface area (Å²) in [7, 11) is 0. The minimum absolute atomic E-state index is 0.0660. The van der Waals surface area contributed by atoms with Crippen LogP contribution in [0.2, 0.25) is 0 Å². The smallest absolute Gasteiger partial charge is 0.241 e. The summed E-state index contributed by atoms with van der Waals surface area (Å²) in [5.41, 5.74) is 1.04. The predicted octanol–water partition coefficient (Wildman–Crippen LogP) is 2.54. The summed E-state index contributed by atoms with van der Waals surface area (Å²) in [5, 5.41) is 10.9. The van der Waals surface area contributed by atoms with Gasteiger partial charge in [0, 0.05) is 18.3 Å². The van der Waals surface area contributed by atoms with Gasteiger partial charge < -0.3 is 10.6 Å². The van der Waals surface area contributed by atoms with Crippen LogP contribution >= 0.6 is 0 Å². The molecule has 21 heavy (non-hydrogen) atoms. The van der Waals surface area contributed by atoms with Gasteiger partial charge in [0.1, 0.15) is 6.54 Å². The highest BCUT2D eigenvalue weighted by Gasteiger charge is 2.24. The molecule has 2 aliphatic carbocycles. The van der Waals surface area contributed by atoms with Crippen molar-refractivity contribution in [3.63, 3.8) is 0 Å². The summed E-state index contributed by atoms with van der Waals surface area (Å²) < 4.78 is 1.73. The van der Waals surface area contributed by atoms with Crippen LogP contribution in [-0.2, 0) is 11.3 Å². The highest BCUT2D eigenvalue weighted by atomic mass is 16.2. The Kier molecular flexibility index (Phi) is 4.46. The lowest BCUT2D eigenvalue weighted by molar-refractivity contribution is -0.122. The molecule has 0 spiro atoms. The number of hydrogen-bond donors (Lipinski definition) is 2. The maximum Gasteiger partial charge on any atom is 0.241 e. The number of rotatable bonds is 6. The van der Waals surface area contributed by atoms with Gasteiger partial charge in [-0.2, -0.15) is 5.10 Å². The zero-order chi connectivity index (χ0) is 14.7. The van der Waals surface area contributed by atoms with Crippen LogP contribution in [-0.4, -0.2) is 27.8 Å². The fourth-order valence-electron chi connectivity index (χ4n) is 3.27. The minimum Gasteiger partial charge on any atom is -0.379 e. The lowest BCUT2D eigenvalue weighted by atomic mass is 9.83. The van der Waals surface area contributed by atoms with Gasteiger partial charge in [-0.25, -0.2) is 0 Å². The van der Waals surface area contributed by atoms with Crippen LogP contribution in [0.25, 0.3) is 0 Å². The number of carbonyl (C=O) groups excluding carboxylic acids is 1. The Balaban J connectivity index is 1.52. The Labute approximate surface area is 126 Å². The molecule has 2 fully saturated rings. The molecule has 2 atom stereocenters. The van der Waals surface area contributed by atoms with E-state index in [1.54, 1.807) is 4.68 Å². The second-order valence-corrected chi connectivity index (χ2v) is 6.47. The number of amides is 1. The van der Waals surface area contributed by atoms with Gasteiger partial charge in [0.25, 0.3) is 0 Å². The SMILES string of the molecule is CCC1CCCCC1Nc1cnn(CC(=O)NC2CC2)c1. The first kappa shape index (κ1) is 14.4. The summed E-state index contributed by atoms with van der Waals surface area (Å²) in [6.45, 7) is 2.59. The van der Waals surface area contributed by atoms with Crippen LogP contribution in [0, 0.1) is 5.92 Å². The van der Waals surface area contributed by atoms with E-state index in [1.807, 2.05) is 12.4 Å².